The van der Waals surface area contributed by atoms with Crippen molar-refractivity contribution in [3.05, 3.63) is 72.3 Å². The molecule has 14 heteroatoms. The summed E-state index contributed by atoms with van der Waals surface area (Å²) in [5, 5.41) is 7.27. The lowest BCUT2D eigenvalue weighted by molar-refractivity contribution is -0.140. The Morgan fingerprint density at radius 1 is 1.19 bits per heavy atom. The van der Waals surface area contributed by atoms with E-state index in [0.717, 1.165) is 5.69 Å². The zero-order valence-electron chi connectivity index (χ0n) is 23.4. The molecule has 0 bridgehead atoms. The molecule has 10 nitrogen and oxygen atoms in total. The van der Waals surface area contributed by atoms with E-state index in [-0.39, 0.29) is 36.3 Å². The predicted octanol–water partition coefficient (Wildman–Crippen LogP) is 5.62. The van der Waals surface area contributed by atoms with Gasteiger partial charge in [0.2, 0.25) is 5.91 Å². The fourth-order valence-corrected chi connectivity index (χ4v) is 5.10. The van der Waals surface area contributed by atoms with E-state index >= 15 is 0 Å². The summed E-state index contributed by atoms with van der Waals surface area (Å²) in [6.45, 7) is 7.37. The molecular weight excluding hydrogens is 572 g/mol. The Morgan fingerprint density at radius 2 is 2.00 bits per heavy atom. The van der Waals surface area contributed by atoms with Gasteiger partial charge in [-0.1, -0.05) is 18.7 Å². The lowest BCUT2D eigenvalue weighted by Crippen LogP contribution is -2.41. The molecule has 2 atom stereocenters. The number of ether oxygens (including phenoxy) is 2. The van der Waals surface area contributed by atoms with E-state index < -0.39 is 29.5 Å². The number of nitrogens with zero attached hydrogens (tertiary/aromatic N) is 4. The standard InChI is InChI=1S/C29H30F4N6O4/c1-4-27(40)37-20-12-21(24(41-3)13-23(20)38-9-11-42-17(2)15-38)36-25-14-26(35-16-34-25)39-22(8-10-43-39)18-6-5-7-19(28(18)30)29(31,32)33/h4-7,12-14,16-17,22H,1,8-11,15H2,2-3H3,(H,37,40)(H,34,35,36)/t17-,22+/m0/s1. The minimum atomic E-state index is -4.84. The first kappa shape index (κ1) is 30.0. The number of methoxy groups -OCH3 is 1. The van der Waals surface area contributed by atoms with Gasteiger partial charge in [0.15, 0.2) is 5.82 Å². The third kappa shape index (κ3) is 6.49. The van der Waals surface area contributed by atoms with Crippen molar-refractivity contribution in [1.29, 1.82) is 0 Å². The first-order chi connectivity index (χ1) is 20.6. The largest absolute Gasteiger partial charge is 0.494 e. The number of carbonyl (C=O) groups excluding carboxylic acids is 1. The Bertz CT molecular complexity index is 1500. The van der Waals surface area contributed by atoms with Crippen LogP contribution in [0.2, 0.25) is 0 Å². The number of halogens is 4. The van der Waals surface area contributed by atoms with Crippen molar-refractivity contribution >= 4 is 34.6 Å². The molecule has 43 heavy (non-hydrogen) atoms. The molecule has 1 amide bonds. The van der Waals surface area contributed by atoms with Crippen LogP contribution in [0.3, 0.4) is 0 Å². The molecule has 3 heterocycles. The summed E-state index contributed by atoms with van der Waals surface area (Å²) in [6, 6.07) is 7.33. The summed E-state index contributed by atoms with van der Waals surface area (Å²) in [6.07, 6.45) is -2.20. The van der Waals surface area contributed by atoms with Crippen LogP contribution in [0.1, 0.15) is 30.5 Å². The average Bonchev–Trinajstić information content (AvgIpc) is 3.47. The van der Waals surface area contributed by atoms with E-state index in [4.69, 9.17) is 14.3 Å². The van der Waals surface area contributed by atoms with Crippen molar-refractivity contribution in [2.45, 2.75) is 31.7 Å². The summed E-state index contributed by atoms with van der Waals surface area (Å²) in [4.78, 5) is 28.5. The zero-order valence-corrected chi connectivity index (χ0v) is 23.4. The minimum absolute atomic E-state index is 0.0130. The quantitative estimate of drug-likeness (QED) is 0.251. The van der Waals surface area contributed by atoms with E-state index in [2.05, 4.69) is 32.1 Å². The van der Waals surface area contributed by atoms with E-state index in [0.29, 0.717) is 42.9 Å². The van der Waals surface area contributed by atoms with Crippen LogP contribution in [0.4, 0.5) is 46.3 Å². The highest BCUT2D eigenvalue weighted by atomic mass is 19.4. The molecule has 2 aliphatic rings. The summed E-state index contributed by atoms with van der Waals surface area (Å²) in [5.41, 5.74) is 0.188. The van der Waals surface area contributed by atoms with E-state index in [1.165, 1.54) is 42.8 Å². The lowest BCUT2D eigenvalue weighted by atomic mass is 10.0. The van der Waals surface area contributed by atoms with Gasteiger partial charge >= 0.3 is 6.18 Å². The van der Waals surface area contributed by atoms with Crippen molar-refractivity contribution in [2.24, 2.45) is 0 Å². The Kier molecular flexibility index (Phi) is 8.69. The van der Waals surface area contributed by atoms with Crippen LogP contribution >= 0.6 is 0 Å². The van der Waals surface area contributed by atoms with Crippen molar-refractivity contribution < 1.29 is 36.7 Å². The van der Waals surface area contributed by atoms with Gasteiger partial charge in [0.1, 0.15) is 23.7 Å². The summed E-state index contributed by atoms with van der Waals surface area (Å²) in [5.74, 6) is -0.809. The molecule has 2 aliphatic heterocycles. The smallest absolute Gasteiger partial charge is 0.419 e. The predicted molar refractivity (Wildman–Crippen MR) is 152 cm³/mol. The number of rotatable bonds is 8. The molecule has 2 N–H and O–H groups in total. The maximum atomic E-state index is 15.0. The number of morpholine rings is 1. The van der Waals surface area contributed by atoms with Crippen LogP contribution in [-0.2, 0) is 20.5 Å². The van der Waals surface area contributed by atoms with Gasteiger partial charge in [-0.05, 0) is 25.1 Å². The second kappa shape index (κ2) is 12.4. The molecule has 228 valence electrons. The minimum Gasteiger partial charge on any atom is -0.494 e. The molecule has 2 aromatic carbocycles. The molecule has 0 saturated carbocycles. The van der Waals surface area contributed by atoms with Gasteiger partial charge in [-0.3, -0.25) is 9.63 Å². The Balaban J connectivity index is 1.46. The van der Waals surface area contributed by atoms with Crippen LogP contribution in [0.25, 0.3) is 0 Å². The molecule has 3 aromatic rings. The SMILES string of the molecule is C=CC(=O)Nc1cc(Nc2cc(N3OCC[C@@H]3c3cccc(C(F)(F)F)c3F)ncn2)c(OC)cc1N1CCO[C@@H](C)C1. The van der Waals surface area contributed by atoms with Gasteiger partial charge in [-0.25, -0.2) is 19.4 Å². The van der Waals surface area contributed by atoms with Crippen molar-refractivity contribution in [3.63, 3.8) is 0 Å². The lowest BCUT2D eigenvalue weighted by Gasteiger charge is -2.34. The molecule has 0 unspecified atom stereocenters. The number of alkyl halides is 3. The fourth-order valence-electron chi connectivity index (χ4n) is 5.10. The molecule has 5 rings (SSSR count). The van der Waals surface area contributed by atoms with Crippen LogP contribution in [-0.4, -0.2) is 55.4 Å². The van der Waals surface area contributed by atoms with E-state index in [1.807, 2.05) is 6.92 Å². The molecule has 1 aromatic heterocycles. The third-order valence-electron chi connectivity index (χ3n) is 7.08. The van der Waals surface area contributed by atoms with Crippen LogP contribution < -0.4 is 25.3 Å². The third-order valence-corrected chi connectivity index (χ3v) is 7.08. The number of carbonyl (C=O) groups is 1. The van der Waals surface area contributed by atoms with E-state index in [9.17, 15) is 22.4 Å². The highest BCUT2D eigenvalue weighted by molar-refractivity contribution is 6.02. The summed E-state index contributed by atoms with van der Waals surface area (Å²) >= 11 is 0. The Hall–Kier alpha value is -4.43. The van der Waals surface area contributed by atoms with Gasteiger partial charge in [0, 0.05) is 37.2 Å². The van der Waals surface area contributed by atoms with Gasteiger partial charge in [0.25, 0.3) is 0 Å². The first-order valence-electron chi connectivity index (χ1n) is 13.5. The van der Waals surface area contributed by atoms with E-state index in [1.54, 1.807) is 12.1 Å². The number of hydroxylamine groups is 1. The fraction of sp³-hybridized carbons (Fsp3) is 0.345. The highest BCUT2D eigenvalue weighted by Gasteiger charge is 2.38. The number of aromatic nitrogens is 2. The zero-order chi connectivity index (χ0) is 30.7. The van der Waals surface area contributed by atoms with Crippen molar-refractivity contribution in [1.82, 2.24) is 9.97 Å². The number of hydrogen-bond donors (Lipinski definition) is 2. The van der Waals surface area contributed by atoms with Gasteiger partial charge in [-0.15, -0.1) is 0 Å². The highest BCUT2D eigenvalue weighted by Crippen LogP contribution is 2.41. The topological polar surface area (TPSA) is 101 Å². The number of benzene rings is 2. The summed E-state index contributed by atoms with van der Waals surface area (Å²) < 4.78 is 66.4. The molecular formula is C29H30F4N6O4. The molecule has 2 fully saturated rings. The second-order valence-electron chi connectivity index (χ2n) is 9.95. The molecule has 0 spiro atoms. The van der Waals surface area contributed by atoms with Gasteiger partial charge < -0.3 is 25.0 Å². The second-order valence-corrected chi connectivity index (χ2v) is 9.95. The van der Waals surface area contributed by atoms with Crippen LogP contribution in [0.15, 0.2) is 55.4 Å². The number of amides is 1. The first-order valence-corrected chi connectivity index (χ1v) is 13.5. The van der Waals surface area contributed by atoms with Crippen molar-refractivity contribution in [2.75, 3.05) is 54.0 Å². The number of hydrogen-bond acceptors (Lipinski definition) is 9. The van der Waals surface area contributed by atoms with Gasteiger partial charge in [0.05, 0.1) is 55.1 Å². The summed E-state index contributed by atoms with van der Waals surface area (Å²) in [7, 11) is 1.51. The van der Waals surface area contributed by atoms with Gasteiger partial charge in [-0.2, -0.15) is 13.2 Å². The molecule has 0 aliphatic carbocycles. The monoisotopic (exact) mass is 602 g/mol. The van der Waals surface area contributed by atoms with Crippen LogP contribution in [0, 0.1) is 5.82 Å². The normalized spacial score (nSPS) is 18.8. The molecule has 2 saturated heterocycles. The maximum Gasteiger partial charge on any atom is 0.419 e. The number of anilines is 5. The van der Waals surface area contributed by atoms with Crippen LogP contribution in [0.5, 0.6) is 5.75 Å². The Labute approximate surface area is 245 Å². The van der Waals surface area contributed by atoms with Crippen molar-refractivity contribution in [3.8, 4) is 5.75 Å². The average molecular weight is 603 g/mol. The molecule has 0 radical (unpaired) electrons. The Morgan fingerprint density at radius 3 is 2.72 bits per heavy atom. The maximum absolute atomic E-state index is 15.0. The number of nitrogens with one attached hydrogen (secondary N) is 2.